The van der Waals surface area contributed by atoms with Gasteiger partial charge < -0.3 is 10.1 Å². The fraction of sp³-hybridized carbons (Fsp3) is 0.667. The molecule has 2 rings (SSSR count). The average molecular weight is 310 g/mol. The van der Waals surface area contributed by atoms with E-state index < -0.39 is 5.97 Å². The standard InChI is InChI=1S/C15H22N2O3S/c1-4-20-15(19)14-17-12(8-21-14)13(18)16-11-6-5-9(2)10(3)7-11/h8-11H,4-7H2,1-3H3,(H,16,18). The first-order valence-corrected chi connectivity index (χ1v) is 8.32. The van der Waals surface area contributed by atoms with Gasteiger partial charge in [0.25, 0.3) is 5.91 Å². The molecule has 0 aliphatic heterocycles. The van der Waals surface area contributed by atoms with E-state index in [-0.39, 0.29) is 17.0 Å². The van der Waals surface area contributed by atoms with Crippen molar-refractivity contribution in [1.29, 1.82) is 0 Å². The summed E-state index contributed by atoms with van der Waals surface area (Å²) in [6.07, 6.45) is 3.14. The Balaban J connectivity index is 1.93. The molecule has 3 atom stereocenters. The van der Waals surface area contributed by atoms with Crippen LogP contribution < -0.4 is 5.32 Å². The molecule has 1 aliphatic rings. The molecule has 1 fully saturated rings. The van der Waals surface area contributed by atoms with Crippen molar-refractivity contribution in [2.24, 2.45) is 11.8 Å². The summed E-state index contributed by atoms with van der Waals surface area (Å²) in [5, 5.41) is 4.86. The summed E-state index contributed by atoms with van der Waals surface area (Å²) >= 11 is 1.14. The van der Waals surface area contributed by atoms with Gasteiger partial charge in [-0.15, -0.1) is 11.3 Å². The lowest BCUT2D eigenvalue weighted by molar-refractivity contribution is 0.0526. The van der Waals surface area contributed by atoms with E-state index >= 15 is 0 Å². The summed E-state index contributed by atoms with van der Waals surface area (Å²) in [6.45, 7) is 6.53. The van der Waals surface area contributed by atoms with Gasteiger partial charge in [-0.2, -0.15) is 0 Å². The Labute approximate surface area is 129 Å². The zero-order valence-electron chi connectivity index (χ0n) is 12.7. The van der Waals surface area contributed by atoms with Crippen LogP contribution in [0.1, 0.15) is 60.3 Å². The van der Waals surface area contributed by atoms with Crippen LogP contribution in [-0.2, 0) is 4.74 Å². The van der Waals surface area contributed by atoms with Crippen LogP contribution in [0.5, 0.6) is 0 Å². The minimum atomic E-state index is -0.471. The highest BCUT2D eigenvalue weighted by atomic mass is 32.1. The second-order valence-corrected chi connectivity index (χ2v) is 6.55. The lowest BCUT2D eigenvalue weighted by Crippen LogP contribution is -2.40. The molecule has 3 unspecified atom stereocenters. The number of hydrogen-bond donors (Lipinski definition) is 1. The van der Waals surface area contributed by atoms with Crippen LogP contribution in [0.4, 0.5) is 0 Å². The zero-order valence-corrected chi connectivity index (χ0v) is 13.5. The molecule has 0 bridgehead atoms. The number of nitrogens with one attached hydrogen (secondary N) is 1. The van der Waals surface area contributed by atoms with Crippen molar-refractivity contribution in [2.75, 3.05) is 6.61 Å². The number of rotatable bonds is 4. The average Bonchev–Trinajstić information content (AvgIpc) is 2.93. The molecule has 6 heteroatoms. The Kier molecular flexibility index (Phi) is 5.33. The maximum atomic E-state index is 12.2. The molecule has 0 spiro atoms. The lowest BCUT2D eigenvalue weighted by Gasteiger charge is -2.32. The Bertz CT molecular complexity index is 515. The van der Waals surface area contributed by atoms with Gasteiger partial charge in [0.1, 0.15) is 5.69 Å². The van der Waals surface area contributed by atoms with Crippen LogP contribution in [0.2, 0.25) is 0 Å². The summed E-state index contributed by atoms with van der Waals surface area (Å²) in [6, 6.07) is 0.205. The quantitative estimate of drug-likeness (QED) is 0.868. The largest absolute Gasteiger partial charge is 0.461 e. The first-order chi connectivity index (χ1) is 10.0. The molecule has 1 saturated carbocycles. The predicted molar refractivity (Wildman–Crippen MR) is 81.5 cm³/mol. The van der Waals surface area contributed by atoms with Gasteiger partial charge in [0, 0.05) is 11.4 Å². The lowest BCUT2D eigenvalue weighted by atomic mass is 9.79. The SMILES string of the molecule is CCOC(=O)c1nc(C(=O)NC2CCC(C)C(C)C2)cs1. The molecule has 1 aromatic heterocycles. The summed E-state index contributed by atoms with van der Waals surface area (Å²) in [5.41, 5.74) is 0.300. The van der Waals surface area contributed by atoms with E-state index in [0.29, 0.717) is 24.1 Å². The molecule has 1 amide bonds. The van der Waals surface area contributed by atoms with E-state index in [1.165, 1.54) is 0 Å². The Morgan fingerprint density at radius 3 is 2.81 bits per heavy atom. The fourth-order valence-corrected chi connectivity index (χ4v) is 3.29. The Hall–Kier alpha value is -1.43. The maximum Gasteiger partial charge on any atom is 0.367 e. The summed E-state index contributed by atoms with van der Waals surface area (Å²) in [4.78, 5) is 27.8. The third-order valence-corrected chi connectivity index (χ3v) is 4.94. The number of aromatic nitrogens is 1. The molecule has 5 nitrogen and oxygen atoms in total. The third-order valence-electron chi connectivity index (χ3n) is 4.12. The molecule has 1 aliphatic carbocycles. The summed E-state index contributed by atoms with van der Waals surface area (Å²) in [7, 11) is 0. The number of thiazole rings is 1. The zero-order chi connectivity index (χ0) is 15.4. The van der Waals surface area contributed by atoms with Gasteiger partial charge in [-0.3, -0.25) is 4.79 Å². The van der Waals surface area contributed by atoms with Crippen LogP contribution in [0, 0.1) is 11.8 Å². The van der Waals surface area contributed by atoms with Gasteiger partial charge in [0.05, 0.1) is 6.61 Å². The Morgan fingerprint density at radius 2 is 2.14 bits per heavy atom. The topological polar surface area (TPSA) is 68.3 Å². The number of amides is 1. The first kappa shape index (κ1) is 15.9. The van der Waals surface area contributed by atoms with E-state index in [2.05, 4.69) is 24.1 Å². The number of hydrogen-bond acceptors (Lipinski definition) is 5. The van der Waals surface area contributed by atoms with E-state index in [9.17, 15) is 9.59 Å². The highest BCUT2D eigenvalue weighted by Crippen LogP contribution is 2.29. The van der Waals surface area contributed by atoms with Gasteiger partial charge in [-0.05, 0) is 38.0 Å². The highest BCUT2D eigenvalue weighted by molar-refractivity contribution is 7.11. The minimum Gasteiger partial charge on any atom is -0.461 e. The predicted octanol–water partition coefficient (Wildman–Crippen LogP) is 2.87. The van der Waals surface area contributed by atoms with Crippen molar-refractivity contribution in [2.45, 2.75) is 46.1 Å². The van der Waals surface area contributed by atoms with Crippen molar-refractivity contribution < 1.29 is 14.3 Å². The monoisotopic (exact) mass is 310 g/mol. The van der Waals surface area contributed by atoms with Crippen molar-refractivity contribution in [1.82, 2.24) is 10.3 Å². The van der Waals surface area contributed by atoms with Crippen molar-refractivity contribution >= 4 is 23.2 Å². The number of ether oxygens (including phenoxy) is 1. The van der Waals surface area contributed by atoms with Gasteiger partial charge >= 0.3 is 5.97 Å². The van der Waals surface area contributed by atoms with Gasteiger partial charge in [-0.1, -0.05) is 13.8 Å². The maximum absolute atomic E-state index is 12.2. The molecule has 1 N–H and O–H groups in total. The smallest absolute Gasteiger partial charge is 0.367 e. The summed E-state index contributed by atoms with van der Waals surface area (Å²) < 4.78 is 4.87. The fourth-order valence-electron chi connectivity index (χ4n) is 2.60. The molecule has 1 aromatic rings. The van der Waals surface area contributed by atoms with Crippen LogP contribution in [0.25, 0.3) is 0 Å². The van der Waals surface area contributed by atoms with Crippen LogP contribution in [0.3, 0.4) is 0 Å². The molecule has 1 heterocycles. The van der Waals surface area contributed by atoms with Crippen LogP contribution in [-0.4, -0.2) is 29.5 Å². The first-order valence-electron chi connectivity index (χ1n) is 7.44. The van der Waals surface area contributed by atoms with E-state index in [1.807, 2.05) is 0 Å². The Morgan fingerprint density at radius 1 is 1.38 bits per heavy atom. The van der Waals surface area contributed by atoms with Gasteiger partial charge in [0.2, 0.25) is 5.01 Å². The molecule has 116 valence electrons. The van der Waals surface area contributed by atoms with E-state index in [4.69, 9.17) is 4.74 Å². The molecule has 0 radical (unpaired) electrons. The molecular formula is C15H22N2O3S. The van der Waals surface area contributed by atoms with E-state index in [0.717, 1.165) is 30.6 Å². The second-order valence-electron chi connectivity index (χ2n) is 5.70. The number of esters is 1. The third kappa shape index (κ3) is 4.03. The van der Waals surface area contributed by atoms with E-state index in [1.54, 1.807) is 12.3 Å². The van der Waals surface area contributed by atoms with Crippen molar-refractivity contribution in [3.05, 3.63) is 16.1 Å². The van der Waals surface area contributed by atoms with Crippen molar-refractivity contribution in [3.8, 4) is 0 Å². The van der Waals surface area contributed by atoms with Crippen LogP contribution in [0.15, 0.2) is 5.38 Å². The highest BCUT2D eigenvalue weighted by Gasteiger charge is 2.26. The molecule has 0 aromatic carbocycles. The van der Waals surface area contributed by atoms with Gasteiger partial charge in [0.15, 0.2) is 0 Å². The second kappa shape index (κ2) is 7.02. The summed E-state index contributed by atoms with van der Waals surface area (Å²) in [5.74, 6) is 0.664. The number of nitrogens with zero attached hydrogens (tertiary/aromatic N) is 1. The van der Waals surface area contributed by atoms with Gasteiger partial charge in [-0.25, -0.2) is 9.78 Å². The molecule has 21 heavy (non-hydrogen) atoms. The van der Waals surface area contributed by atoms with Crippen LogP contribution >= 0.6 is 11.3 Å². The number of carbonyl (C=O) groups is 2. The normalized spacial score (nSPS) is 25.4. The van der Waals surface area contributed by atoms with Crippen molar-refractivity contribution in [3.63, 3.8) is 0 Å². The molecule has 0 saturated heterocycles. The molecular weight excluding hydrogens is 288 g/mol. The number of carbonyl (C=O) groups excluding carboxylic acids is 2. The minimum absolute atomic E-state index is 0.200.